The molecule has 1 rings (SSSR count). The minimum Gasteiger partial charge on any atom is -0.327 e. The maximum atomic E-state index is 6.36. The molecule has 84 valence electrons. The molecule has 14 heavy (non-hydrogen) atoms. The molecule has 1 fully saturated rings. The van der Waals surface area contributed by atoms with Crippen LogP contribution in [0.25, 0.3) is 0 Å². The molecule has 1 aliphatic carbocycles. The molecule has 1 nitrogen and oxygen atoms in total. The van der Waals surface area contributed by atoms with E-state index < -0.39 is 0 Å². The molecular weight excluding hydrogens is 170 g/mol. The van der Waals surface area contributed by atoms with E-state index in [0.29, 0.717) is 11.5 Å². The van der Waals surface area contributed by atoms with E-state index in [1.54, 1.807) is 0 Å². The molecule has 1 aliphatic rings. The Balaban J connectivity index is 2.44. The Hall–Kier alpha value is -0.0400. The molecule has 2 N–H and O–H groups in total. The molecule has 2 atom stereocenters. The third-order valence-corrected chi connectivity index (χ3v) is 4.24. The van der Waals surface area contributed by atoms with Crippen molar-refractivity contribution in [2.45, 2.75) is 71.8 Å². The van der Waals surface area contributed by atoms with Gasteiger partial charge in [0.05, 0.1) is 0 Å². The average molecular weight is 197 g/mol. The smallest absolute Gasteiger partial charge is 0.00954 e. The summed E-state index contributed by atoms with van der Waals surface area (Å²) in [6.07, 6.45) is 9.40. The molecule has 0 aromatic heterocycles. The van der Waals surface area contributed by atoms with E-state index in [1.807, 2.05) is 0 Å². The Morgan fingerprint density at radius 2 is 1.79 bits per heavy atom. The molecule has 1 heteroatoms. The summed E-state index contributed by atoms with van der Waals surface area (Å²) in [5, 5.41) is 0. The highest BCUT2D eigenvalue weighted by atomic mass is 14.7. The first-order valence-corrected chi connectivity index (χ1v) is 6.34. The van der Waals surface area contributed by atoms with E-state index in [0.717, 1.165) is 5.92 Å². The lowest BCUT2D eigenvalue weighted by molar-refractivity contribution is 0.151. The van der Waals surface area contributed by atoms with Crippen LogP contribution in [0.4, 0.5) is 0 Å². The topological polar surface area (TPSA) is 26.0 Å². The third kappa shape index (κ3) is 2.98. The summed E-state index contributed by atoms with van der Waals surface area (Å²) >= 11 is 0. The van der Waals surface area contributed by atoms with Crippen molar-refractivity contribution in [1.29, 1.82) is 0 Å². The van der Waals surface area contributed by atoms with Crippen LogP contribution in [0.3, 0.4) is 0 Å². The van der Waals surface area contributed by atoms with Gasteiger partial charge in [-0.2, -0.15) is 0 Å². The summed E-state index contributed by atoms with van der Waals surface area (Å²) in [5.41, 5.74) is 6.81. The van der Waals surface area contributed by atoms with Gasteiger partial charge in [-0.25, -0.2) is 0 Å². The van der Waals surface area contributed by atoms with Crippen molar-refractivity contribution in [2.24, 2.45) is 17.1 Å². The van der Waals surface area contributed by atoms with Crippen LogP contribution in [0, 0.1) is 11.3 Å². The molecule has 0 bridgehead atoms. The fourth-order valence-corrected chi connectivity index (χ4v) is 2.61. The summed E-state index contributed by atoms with van der Waals surface area (Å²) in [5.74, 6) is 0.795. The van der Waals surface area contributed by atoms with Crippen LogP contribution in [0.15, 0.2) is 0 Å². The number of nitrogens with two attached hydrogens (primary N) is 1. The van der Waals surface area contributed by atoms with Crippen molar-refractivity contribution in [1.82, 2.24) is 0 Å². The highest BCUT2D eigenvalue weighted by Gasteiger charge is 2.33. The van der Waals surface area contributed by atoms with Gasteiger partial charge in [0.1, 0.15) is 0 Å². The van der Waals surface area contributed by atoms with Crippen LogP contribution in [-0.4, -0.2) is 6.04 Å². The van der Waals surface area contributed by atoms with Gasteiger partial charge in [0, 0.05) is 6.04 Å². The molecule has 0 radical (unpaired) electrons. The van der Waals surface area contributed by atoms with E-state index in [9.17, 15) is 0 Å². The van der Waals surface area contributed by atoms with Crippen molar-refractivity contribution >= 4 is 0 Å². The molecule has 0 amide bonds. The molecule has 0 spiro atoms. The van der Waals surface area contributed by atoms with Crippen molar-refractivity contribution in [3.8, 4) is 0 Å². The van der Waals surface area contributed by atoms with Crippen LogP contribution < -0.4 is 5.73 Å². The maximum absolute atomic E-state index is 6.36. The van der Waals surface area contributed by atoms with Crippen LogP contribution >= 0.6 is 0 Å². The summed E-state index contributed by atoms with van der Waals surface area (Å²) in [4.78, 5) is 0. The largest absolute Gasteiger partial charge is 0.327 e. The molecule has 0 saturated heterocycles. The highest BCUT2D eigenvalue weighted by molar-refractivity contribution is 4.88. The zero-order valence-corrected chi connectivity index (χ0v) is 10.2. The van der Waals surface area contributed by atoms with Gasteiger partial charge in [0.25, 0.3) is 0 Å². The van der Waals surface area contributed by atoms with Gasteiger partial charge in [-0.05, 0) is 30.6 Å². The van der Waals surface area contributed by atoms with E-state index in [4.69, 9.17) is 5.73 Å². The first kappa shape index (κ1) is 12.0. The van der Waals surface area contributed by atoms with Gasteiger partial charge in [0.2, 0.25) is 0 Å². The molecule has 2 unspecified atom stereocenters. The number of hydrogen-bond donors (Lipinski definition) is 1. The Labute approximate surface area is 89.5 Å². The zero-order chi connectivity index (χ0) is 10.6. The maximum Gasteiger partial charge on any atom is 0.00954 e. The van der Waals surface area contributed by atoms with Crippen LogP contribution in [0.2, 0.25) is 0 Å². The summed E-state index contributed by atoms with van der Waals surface area (Å²) in [6.45, 7) is 6.99. The van der Waals surface area contributed by atoms with Crippen LogP contribution in [-0.2, 0) is 0 Å². The fraction of sp³-hybridized carbons (Fsp3) is 1.00. The monoisotopic (exact) mass is 197 g/mol. The third-order valence-electron chi connectivity index (χ3n) is 4.24. The standard InChI is InChI=1S/C13H27N/c1-4-11(2)10-12(14)13(3)8-6-5-7-9-13/h11-12H,4-10,14H2,1-3H3. The first-order valence-electron chi connectivity index (χ1n) is 6.34. The predicted molar refractivity (Wildman–Crippen MR) is 63.2 cm³/mol. The molecule has 0 aromatic carbocycles. The summed E-state index contributed by atoms with van der Waals surface area (Å²) in [6, 6.07) is 0.428. The first-order chi connectivity index (χ1) is 6.58. The van der Waals surface area contributed by atoms with Gasteiger partial charge in [-0.15, -0.1) is 0 Å². The van der Waals surface area contributed by atoms with Crippen molar-refractivity contribution < 1.29 is 0 Å². The Morgan fingerprint density at radius 3 is 2.29 bits per heavy atom. The predicted octanol–water partition coefficient (Wildman–Crippen LogP) is 3.72. The highest BCUT2D eigenvalue weighted by Crippen LogP contribution is 2.39. The second-order valence-corrected chi connectivity index (χ2v) is 5.57. The quantitative estimate of drug-likeness (QED) is 0.730. The zero-order valence-electron chi connectivity index (χ0n) is 10.2. The van der Waals surface area contributed by atoms with E-state index in [-0.39, 0.29) is 0 Å². The van der Waals surface area contributed by atoms with Crippen molar-refractivity contribution in [3.63, 3.8) is 0 Å². The van der Waals surface area contributed by atoms with Gasteiger partial charge >= 0.3 is 0 Å². The Morgan fingerprint density at radius 1 is 1.21 bits per heavy atom. The van der Waals surface area contributed by atoms with Gasteiger partial charge < -0.3 is 5.73 Å². The molecular formula is C13H27N. The molecule has 0 aromatic rings. The van der Waals surface area contributed by atoms with E-state index in [2.05, 4.69) is 20.8 Å². The number of hydrogen-bond acceptors (Lipinski definition) is 1. The Bertz CT molecular complexity index is 159. The van der Waals surface area contributed by atoms with Gasteiger partial charge in [0.15, 0.2) is 0 Å². The van der Waals surface area contributed by atoms with Crippen molar-refractivity contribution in [3.05, 3.63) is 0 Å². The lowest BCUT2D eigenvalue weighted by atomic mass is 9.69. The lowest BCUT2D eigenvalue weighted by Crippen LogP contribution is -2.42. The average Bonchev–Trinajstić information content (AvgIpc) is 2.18. The normalized spacial score (nSPS) is 25.7. The van der Waals surface area contributed by atoms with Gasteiger partial charge in [-0.3, -0.25) is 0 Å². The SMILES string of the molecule is CCC(C)CC(N)C1(C)CCCCC1. The molecule has 0 aliphatic heterocycles. The van der Waals surface area contributed by atoms with E-state index >= 15 is 0 Å². The summed E-state index contributed by atoms with van der Waals surface area (Å²) < 4.78 is 0. The minimum atomic E-state index is 0.428. The minimum absolute atomic E-state index is 0.428. The Kier molecular flexibility index (Phi) is 4.43. The summed E-state index contributed by atoms with van der Waals surface area (Å²) in [7, 11) is 0. The molecule has 0 heterocycles. The second-order valence-electron chi connectivity index (χ2n) is 5.57. The van der Waals surface area contributed by atoms with Crippen LogP contribution in [0.1, 0.15) is 65.7 Å². The fourth-order valence-electron chi connectivity index (χ4n) is 2.61. The van der Waals surface area contributed by atoms with Gasteiger partial charge in [-0.1, -0.05) is 46.5 Å². The second kappa shape index (κ2) is 5.16. The number of rotatable bonds is 4. The molecule has 1 saturated carbocycles. The lowest BCUT2D eigenvalue weighted by Gasteiger charge is -2.39. The van der Waals surface area contributed by atoms with Crippen LogP contribution in [0.5, 0.6) is 0 Å². The van der Waals surface area contributed by atoms with E-state index in [1.165, 1.54) is 44.9 Å². The van der Waals surface area contributed by atoms with Crippen molar-refractivity contribution in [2.75, 3.05) is 0 Å².